The van der Waals surface area contributed by atoms with Crippen molar-refractivity contribution >= 4 is 17.4 Å². The fourth-order valence-electron chi connectivity index (χ4n) is 4.11. The van der Waals surface area contributed by atoms with Crippen molar-refractivity contribution in [3.05, 3.63) is 54.1 Å². The Morgan fingerprint density at radius 3 is 2.60 bits per heavy atom. The molecule has 0 bridgehead atoms. The summed E-state index contributed by atoms with van der Waals surface area (Å²) in [4.78, 5) is 29.5. The Bertz CT molecular complexity index is 899. The van der Waals surface area contributed by atoms with E-state index in [0.717, 1.165) is 25.9 Å². The fourth-order valence-corrected chi connectivity index (χ4v) is 4.11. The zero-order chi connectivity index (χ0) is 20.9. The van der Waals surface area contributed by atoms with Gasteiger partial charge in [-0.15, -0.1) is 0 Å². The lowest BCUT2D eigenvalue weighted by Crippen LogP contribution is -2.48. The van der Waals surface area contributed by atoms with Crippen LogP contribution in [-0.2, 0) is 4.79 Å². The van der Waals surface area contributed by atoms with Crippen molar-refractivity contribution in [3.8, 4) is 11.5 Å². The normalized spacial score (nSPS) is 18.0. The molecule has 0 aliphatic carbocycles. The highest BCUT2D eigenvalue weighted by molar-refractivity contribution is 5.98. The quantitative estimate of drug-likeness (QED) is 0.684. The summed E-state index contributed by atoms with van der Waals surface area (Å²) < 4.78 is 11.0. The number of fused-ring (bicyclic) bond motifs is 1. The number of Topliss-reactive ketones (excluding diaryl/α,β-unsaturated/α-hetero) is 1. The standard InChI is InChI=1S/C24H28N2O4/c1-25(20-8-5-13-26(17-20)19-6-3-2-4-7-19)24(28)12-10-21(27)18-9-11-22-23(16-18)30-15-14-29-22/h2-4,6-7,9,11,16,20H,5,8,10,12-15,17H2,1H3. The van der Waals surface area contributed by atoms with Gasteiger partial charge in [0.25, 0.3) is 0 Å². The first-order valence-corrected chi connectivity index (χ1v) is 10.6. The average molecular weight is 408 g/mol. The summed E-state index contributed by atoms with van der Waals surface area (Å²) in [5.41, 5.74) is 1.75. The van der Waals surface area contributed by atoms with E-state index in [9.17, 15) is 9.59 Å². The number of hydrogen-bond donors (Lipinski definition) is 0. The van der Waals surface area contributed by atoms with E-state index in [-0.39, 0.29) is 30.6 Å². The molecule has 1 fully saturated rings. The van der Waals surface area contributed by atoms with E-state index in [1.165, 1.54) is 5.69 Å². The van der Waals surface area contributed by atoms with E-state index in [4.69, 9.17) is 9.47 Å². The molecule has 4 rings (SSSR count). The van der Waals surface area contributed by atoms with Crippen molar-refractivity contribution in [2.75, 3.05) is 38.3 Å². The minimum Gasteiger partial charge on any atom is -0.486 e. The maximum Gasteiger partial charge on any atom is 0.223 e. The Hall–Kier alpha value is -3.02. The van der Waals surface area contributed by atoms with E-state index in [1.807, 2.05) is 30.1 Å². The molecule has 0 N–H and O–H groups in total. The van der Waals surface area contributed by atoms with Crippen molar-refractivity contribution in [2.45, 2.75) is 31.7 Å². The number of carbonyl (C=O) groups is 2. The molecule has 0 radical (unpaired) electrons. The smallest absolute Gasteiger partial charge is 0.223 e. The van der Waals surface area contributed by atoms with Crippen LogP contribution in [0.25, 0.3) is 0 Å². The Balaban J connectivity index is 1.31. The number of anilines is 1. The third kappa shape index (κ3) is 4.58. The summed E-state index contributed by atoms with van der Waals surface area (Å²) in [6, 6.07) is 15.7. The SMILES string of the molecule is CN(C(=O)CCC(=O)c1ccc2c(c1)OCCO2)C1CCCN(c2ccccc2)C1. The number of ether oxygens (including phenoxy) is 2. The molecule has 1 unspecified atom stereocenters. The molecule has 0 spiro atoms. The monoisotopic (exact) mass is 408 g/mol. The number of nitrogens with zero attached hydrogens (tertiary/aromatic N) is 2. The molecule has 1 atom stereocenters. The number of ketones is 1. The predicted octanol–water partition coefficient (Wildman–Crippen LogP) is 3.55. The summed E-state index contributed by atoms with van der Waals surface area (Å²) in [5.74, 6) is 1.22. The van der Waals surface area contributed by atoms with Gasteiger partial charge in [-0.3, -0.25) is 9.59 Å². The van der Waals surface area contributed by atoms with Crippen LogP contribution < -0.4 is 14.4 Å². The van der Waals surface area contributed by atoms with E-state index in [1.54, 1.807) is 18.2 Å². The van der Waals surface area contributed by atoms with Gasteiger partial charge in [-0.1, -0.05) is 18.2 Å². The lowest BCUT2D eigenvalue weighted by Gasteiger charge is -2.39. The summed E-state index contributed by atoms with van der Waals surface area (Å²) in [6.45, 7) is 2.83. The first kappa shape index (κ1) is 20.3. The Morgan fingerprint density at radius 2 is 1.80 bits per heavy atom. The molecule has 2 heterocycles. The van der Waals surface area contributed by atoms with Crippen molar-refractivity contribution in [1.29, 1.82) is 0 Å². The molecule has 1 amide bonds. The summed E-state index contributed by atoms with van der Waals surface area (Å²) in [5, 5.41) is 0. The highest BCUT2D eigenvalue weighted by Gasteiger charge is 2.26. The number of piperidine rings is 1. The van der Waals surface area contributed by atoms with E-state index in [2.05, 4.69) is 17.0 Å². The molecule has 6 nitrogen and oxygen atoms in total. The fraction of sp³-hybridized carbons (Fsp3) is 0.417. The third-order valence-corrected chi connectivity index (χ3v) is 5.89. The number of para-hydroxylation sites is 1. The van der Waals surface area contributed by atoms with Crippen LogP contribution in [-0.4, -0.2) is 56.0 Å². The summed E-state index contributed by atoms with van der Waals surface area (Å²) in [7, 11) is 1.86. The summed E-state index contributed by atoms with van der Waals surface area (Å²) >= 11 is 0. The van der Waals surface area contributed by atoms with Crippen LogP contribution in [0.4, 0.5) is 5.69 Å². The largest absolute Gasteiger partial charge is 0.486 e. The highest BCUT2D eigenvalue weighted by Crippen LogP contribution is 2.31. The van der Waals surface area contributed by atoms with Gasteiger partial charge in [0.2, 0.25) is 5.91 Å². The second kappa shape index (κ2) is 9.20. The Kier molecular flexibility index (Phi) is 6.21. The average Bonchev–Trinajstić information content (AvgIpc) is 2.82. The number of rotatable bonds is 6. The third-order valence-electron chi connectivity index (χ3n) is 5.89. The van der Waals surface area contributed by atoms with Crippen LogP contribution in [0.2, 0.25) is 0 Å². The van der Waals surface area contributed by atoms with Crippen molar-refractivity contribution in [3.63, 3.8) is 0 Å². The molecule has 2 aliphatic heterocycles. The zero-order valence-corrected chi connectivity index (χ0v) is 17.4. The number of carbonyl (C=O) groups excluding carboxylic acids is 2. The lowest BCUT2D eigenvalue weighted by molar-refractivity contribution is -0.132. The highest BCUT2D eigenvalue weighted by atomic mass is 16.6. The van der Waals surface area contributed by atoms with Crippen LogP contribution >= 0.6 is 0 Å². The Labute approximate surface area is 177 Å². The molecule has 2 aliphatic rings. The zero-order valence-electron chi connectivity index (χ0n) is 17.4. The molecule has 2 aromatic carbocycles. The van der Waals surface area contributed by atoms with Crippen molar-refractivity contribution in [1.82, 2.24) is 4.90 Å². The maximum atomic E-state index is 12.8. The minimum absolute atomic E-state index is 0.0146. The van der Waals surface area contributed by atoms with E-state index in [0.29, 0.717) is 30.3 Å². The molecular weight excluding hydrogens is 380 g/mol. The van der Waals surface area contributed by atoms with Gasteiger partial charge in [0.15, 0.2) is 17.3 Å². The van der Waals surface area contributed by atoms with Crippen molar-refractivity contribution < 1.29 is 19.1 Å². The van der Waals surface area contributed by atoms with Gasteiger partial charge >= 0.3 is 0 Å². The molecule has 30 heavy (non-hydrogen) atoms. The molecule has 2 aromatic rings. The molecule has 0 aromatic heterocycles. The minimum atomic E-state index is -0.0525. The van der Waals surface area contributed by atoms with Gasteiger partial charge in [-0.25, -0.2) is 0 Å². The predicted molar refractivity (Wildman–Crippen MR) is 115 cm³/mol. The van der Waals surface area contributed by atoms with Crippen LogP contribution in [0.3, 0.4) is 0 Å². The van der Waals surface area contributed by atoms with Gasteiger partial charge < -0.3 is 19.3 Å². The van der Waals surface area contributed by atoms with Gasteiger partial charge in [0, 0.05) is 50.3 Å². The number of amides is 1. The van der Waals surface area contributed by atoms with E-state index < -0.39 is 0 Å². The topological polar surface area (TPSA) is 59.1 Å². The molecular formula is C24H28N2O4. The molecule has 1 saturated heterocycles. The maximum absolute atomic E-state index is 12.8. The lowest BCUT2D eigenvalue weighted by atomic mass is 10.0. The van der Waals surface area contributed by atoms with Gasteiger partial charge in [-0.2, -0.15) is 0 Å². The summed E-state index contributed by atoms with van der Waals surface area (Å²) in [6.07, 6.45) is 2.44. The first-order valence-electron chi connectivity index (χ1n) is 10.6. The van der Waals surface area contributed by atoms with E-state index >= 15 is 0 Å². The molecule has 0 saturated carbocycles. The molecule has 6 heteroatoms. The number of benzene rings is 2. The van der Waals surface area contributed by atoms with Crippen LogP contribution in [0.15, 0.2) is 48.5 Å². The van der Waals surface area contributed by atoms with Crippen molar-refractivity contribution in [2.24, 2.45) is 0 Å². The number of hydrogen-bond acceptors (Lipinski definition) is 5. The van der Waals surface area contributed by atoms with Crippen LogP contribution in [0.1, 0.15) is 36.0 Å². The van der Waals surface area contributed by atoms with Gasteiger partial charge in [0.1, 0.15) is 13.2 Å². The van der Waals surface area contributed by atoms with Crippen LogP contribution in [0.5, 0.6) is 11.5 Å². The first-order chi connectivity index (χ1) is 14.6. The molecule has 158 valence electrons. The second-order valence-corrected chi connectivity index (χ2v) is 7.86. The van der Waals surface area contributed by atoms with Gasteiger partial charge in [-0.05, 0) is 43.2 Å². The number of likely N-dealkylation sites (N-methyl/N-ethyl adjacent to an activating group) is 1. The van der Waals surface area contributed by atoms with Gasteiger partial charge in [0.05, 0.1) is 0 Å². The Morgan fingerprint density at radius 1 is 1.03 bits per heavy atom. The second-order valence-electron chi connectivity index (χ2n) is 7.86. The van der Waals surface area contributed by atoms with Crippen LogP contribution in [0, 0.1) is 0 Å².